The summed E-state index contributed by atoms with van der Waals surface area (Å²) in [6.45, 7) is 1.96. The van der Waals surface area contributed by atoms with Crippen LogP contribution in [0.5, 0.6) is 0 Å². The average molecular weight is 552 g/mol. The van der Waals surface area contributed by atoms with E-state index in [1.54, 1.807) is 0 Å². The molecule has 2 amide bonds. The number of fused-ring (bicyclic) bond motifs is 1. The normalized spacial score (nSPS) is 21.6. The van der Waals surface area contributed by atoms with Gasteiger partial charge in [-0.15, -0.1) is 23.1 Å². The van der Waals surface area contributed by atoms with Crippen LogP contribution in [0.4, 0.5) is 5.13 Å². The second-order valence-corrected chi connectivity index (χ2v) is 10.2. The lowest BCUT2D eigenvalue weighted by Gasteiger charge is -2.50. The van der Waals surface area contributed by atoms with Crippen molar-refractivity contribution in [2.24, 2.45) is 5.16 Å². The largest absolute Gasteiger partial charge is 0.543 e. The van der Waals surface area contributed by atoms with Gasteiger partial charge in [0, 0.05) is 28.8 Å². The zero-order valence-corrected chi connectivity index (χ0v) is 20.9. The number of pyridine rings is 1. The summed E-state index contributed by atoms with van der Waals surface area (Å²) in [5.74, 6) is -4.94. The summed E-state index contributed by atoms with van der Waals surface area (Å²) < 4.78 is 40.5. The lowest BCUT2D eigenvalue weighted by molar-refractivity contribution is -0.689. The molecule has 37 heavy (non-hydrogen) atoms. The number of aliphatic carboxylic acids is 2. The fourth-order valence-corrected chi connectivity index (χ4v) is 5.21. The Morgan fingerprint density at radius 2 is 2.11 bits per heavy atom. The van der Waals surface area contributed by atoms with E-state index < -0.39 is 89.2 Å². The highest BCUT2D eigenvalue weighted by molar-refractivity contribution is 8.00. The topological polar surface area (TPSA) is 191 Å². The number of amides is 2. The van der Waals surface area contributed by atoms with Crippen molar-refractivity contribution in [1.29, 1.82) is 0 Å². The van der Waals surface area contributed by atoms with Gasteiger partial charge in [0.05, 0.1) is 15.8 Å². The highest BCUT2D eigenvalue weighted by Gasteiger charge is 2.53. The number of anilines is 1. The van der Waals surface area contributed by atoms with Crippen molar-refractivity contribution in [3.63, 3.8) is 0 Å². The van der Waals surface area contributed by atoms with Crippen LogP contribution in [0, 0.1) is 0 Å². The van der Waals surface area contributed by atoms with Crippen molar-refractivity contribution >= 4 is 57.7 Å². The highest BCUT2D eigenvalue weighted by Crippen LogP contribution is 2.40. The van der Waals surface area contributed by atoms with E-state index in [-0.39, 0.29) is 22.2 Å². The molecule has 194 valence electrons. The Labute approximate surface area is 225 Å². The van der Waals surface area contributed by atoms with E-state index >= 15 is 0 Å². The molecule has 0 aliphatic carbocycles. The van der Waals surface area contributed by atoms with Crippen LogP contribution in [0.3, 0.4) is 0 Å². The first kappa shape index (κ1) is 20.1. The van der Waals surface area contributed by atoms with Crippen LogP contribution in [-0.2, 0) is 30.6 Å². The van der Waals surface area contributed by atoms with Gasteiger partial charge < -0.3 is 30.9 Å². The van der Waals surface area contributed by atoms with Gasteiger partial charge in [0.15, 0.2) is 29.7 Å². The fraction of sp³-hybridized carbons (Fsp3) is 0.318. The van der Waals surface area contributed by atoms with Gasteiger partial charge in [-0.3, -0.25) is 14.5 Å². The zero-order valence-electron chi connectivity index (χ0n) is 24.2. The van der Waals surface area contributed by atoms with E-state index in [4.69, 9.17) is 17.4 Å². The number of thiazole rings is 1. The van der Waals surface area contributed by atoms with E-state index in [1.807, 2.05) is 0 Å². The Balaban J connectivity index is 1.61. The molecule has 0 saturated carbocycles. The number of aromatic nitrogens is 2. The molecule has 2 aromatic rings. The molecular weight excluding hydrogens is 524 g/mol. The third kappa shape index (κ3) is 5.27. The molecule has 0 aromatic carbocycles. The number of carbonyl (C=O) groups excluding carboxylic acids is 3. The molecule has 1 saturated heterocycles. The Hall–Kier alpha value is -3.98. The van der Waals surface area contributed by atoms with E-state index in [0.29, 0.717) is 0 Å². The Bertz CT molecular complexity index is 1570. The van der Waals surface area contributed by atoms with Crippen molar-refractivity contribution in [3.8, 4) is 0 Å². The molecule has 2 aromatic heterocycles. The number of oxime groups is 1. The summed E-state index contributed by atoms with van der Waals surface area (Å²) in [7, 11) is 0. The number of carboxylic acid groups (broad SMARTS) is 2. The monoisotopic (exact) mass is 551 g/mol. The summed E-state index contributed by atoms with van der Waals surface area (Å²) in [5.41, 5.74) is 2.82. The summed E-state index contributed by atoms with van der Waals surface area (Å²) in [5, 5.41) is 28.1. The first-order valence-electron chi connectivity index (χ1n) is 12.9. The van der Waals surface area contributed by atoms with Gasteiger partial charge >= 0.3 is 5.97 Å². The lowest BCUT2D eigenvalue weighted by atomic mass is 10.0. The number of thioether (sulfide) groups is 1. The maximum atomic E-state index is 13.2. The number of hydrogen-bond donors (Lipinski definition) is 3. The van der Waals surface area contributed by atoms with Crippen LogP contribution in [-0.4, -0.2) is 67.2 Å². The lowest BCUT2D eigenvalue weighted by Crippen LogP contribution is -2.71. The summed E-state index contributed by atoms with van der Waals surface area (Å²) in [6.07, 6.45) is -1.16. The third-order valence-electron chi connectivity index (χ3n) is 5.24. The van der Waals surface area contributed by atoms with Gasteiger partial charge in [0.1, 0.15) is 19.9 Å². The van der Waals surface area contributed by atoms with Crippen molar-refractivity contribution in [2.45, 2.75) is 37.4 Å². The molecule has 0 radical (unpaired) electrons. The molecule has 2 aliphatic rings. The smallest absolute Gasteiger partial charge is 0.350 e. The van der Waals surface area contributed by atoms with Crippen molar-refractivity contribution in [3.05, 3.63) is 52.8 Å². The van der Waals surface area contributed by atoms with Crippen LogP contribution in [0.25, 0.3) is 0 Å². The molecule has 4 N–H and O–H groups in total. The Kier molecular flexibility index (Phi) is 5.53. The van der Waals surface area contributed by atoms with Crippen LogP contribution in [0.2, 0.25) is 0 Å². The molecule has 2 aliphatic heterocycles. The van der Waals surface area contributed by atoms with E-state index in [1.165, 1.54) is 19.2 Å². The Morgan fingerprint density at radius 3 is 2.70 bits per heavy atom. The minimum Gasteiger partial charge on any atom is -0.543 e. The second-order valence-electron chi connectivity index (χ2n) is 8.20. The molecule has 0 spiro atoms. The van der Waals surface area contributed by atoms with Crippen LogP contribution in [0.15, 0.2) is 52.3 Å². The molecule has 0 bridgehead atoms. The molecule has 4 heterocycles. The Morgan fingerprint density at radius 1 is 1.41 bits per heavy atom. The summed E-state index contributed by atoms with van der Waals surface area (Å²) in [4.78, 5) is 59.8. The minimum absolute atomic E-state index is 0.0429. The predicted molar refractivity (Wildman–Crippen MR) is 130 cm³/mol. The number of carboxylic acids is 2. The molecule has 15 heteroatoms. The van der Waals surface area contributed by atoms with E-state index in [0.717, 1.165) is 32.6 Å². The SMILES string of the molecule is [2H]c1c([2H])c([2H])[n+](CC2=C(C(=O)[O-])N3C(=O)[C@@H](NC(=O)/C(=N\OC(C)(C)C(=O)O)c4csc(N)n4)[C@H]3SC2)c([2H])c1[2H]. The van der Waals surface area contributed by atoms with Gasteiger partial charge in [-0.25, -0.2) is 14.3 Å². The van der Waals surface area contributed by atoms with Gasteiger partial charge in [-0.2, -0.15) is 0 Å². The highest BCUT2D eigenvalue weighted by atomic mass is 32.2. The number of nitrogens with one attached hydrogen (secondary N) is 1. The third-order valence-corrected chi connectivity index (χ3v) is 7.26. The number of hydrogen-bond acceptors (Lipinski definition) is 11. The van der Waals surface area contributed by atoms with Crippen molar-refractivity contribution in [2.75, 3.05) is 11.5 Å². The minimum atomic E-state index is -1.82. The number of β-lactam (4-membered cyclic amide) rings is 1. The number of rotatable bonds is 9. The van der Waals surface area contributed by atoms with Gasteiger partial charge in [0.2, 0.25) is 5.60 Å². The van der Waals surface area contributed by atoms with Gasteiger partial charge in [0.25, 0.3) is 11.8 Å². The molecule has 1 fully saturated rings. The average Bonchev–Trinajstić information content (AvgIpc) is 3.36. The fourth-order valence-electron chi connectivity index (χ4n) is 3.32. The number of nitrogens with zero attached hydrogens (tertiary/aromatic N) is 4. The quantitative estimate of drug-likeness (QED) is 0.146. The summed E-state index contributed by atoms with van der Waals surface area (Å²) >= 11 is 2.03. The standard InChI is InChI=1S/C22H22N6O7S2/c1-22(2,20(33)34)35-26-13(12-10-37-21(23)24-12)16(29)25-14-17(30)28-15(19(31)32)11(9-36-18(14)28)8-27-6-4-3-5-7-27/h3-7,10,14,18H,8-9H2,1-2H3,(H4-,23,24,25,29,31,32,33,34)/b26-13-/t14-,18-/m1/s1/i3D,4D,5D,6D,7D. The number of nitrogens with two attached hydrogens (primary N) is 1. The first-order valence-corrected chi connectivity index (χ1v) is 12.4. The molecular formula is C22H22N6O7S2. The molecule has 2 atom stereocenters. The van der Waals surface area contributed by atoms with Gasteiger partial charge in [-0.05, 0) is 13.8 Å². The maximum absolute atomic E-state index is 13.2. The predicted octanol–water partition coefficient (Wildman–Crippen LogP) is -1.30. The molecule has 4 rings (SSSR count). The maximum Gasteiger partial charge on any atom is 0.350 e. The first-order chi connectivity index (χ1) is 19.6. The van der Waals surface area contributed by atoms with Crippen molar-refractivity contribution < 1.29 is 45.6 Å². The van der Waals surface area contributed by atoms with Crippen LogP contribution < -0.4 is 20.7 Å². The van der Waals surface area contributed by atoms with Crippen molar-refractivity contribution in [1.82, 2.24) is 15.2 Å². The molecule has 13 nitrogen and oxygen atoms in total. The van der Waals surface area contributed by atoms with E-state index in [2.05, 4.69) is 15.5 Å². The van der Waals surface area contributed by atoms with Crippen LogP contribution in [0.1, 0.15) is 26.4 Å². The number of nitrogen functional groups attached to an aromatic ring is 1. The summed E-state index contributed by atoms with van der Waals surface area (Å²) in [6, 6.07) is -3.10. The van der Waals surface area contributed by atoms with E-state index in [9.17, 15) is 29.4 Å². The second kappa shape index (κ2) is 10.2. The van der Waals surface area contributed by atoms with Crippen LogP contribution >= 0.6 is 23.1 Å². The number of carbonyl (C=O) groups is 4. The van der Waals surface area contributed by atoms with Gasteiger partial charge in [-0.1, -0.05) is 11.2 Å². The molecule has 0 unspecified atom stereocenters. The zero-order chi connectivity index (χ0) is 31.3.